The van der Waals surface area contributed by atoms with Gasteiger partial charge in [-0.15, -0.1) is 0 Å². The molecule has 0 amide bonds. The molecule has 0 radical (unpaired) electrons. The van der Waals surface area contributed by atoms with Crippen LogP contribution in [0.15, 0.2) is 24.3 Å². The van der Waals surface area contributed by atoms with E-state index in [4.69, 9.17) is 0 Å². The van der Waals surface area contributed by atoms with Crippen LogP contribution in [0.25, 0.3) is 0 Å². The van der Waals surface area contributed by atoms with Crippen LogP contribution in [0, 0.1) is 5.82 Å². The summed E-state index contributed by atoms with van der Waals surface area (Å²) in [7, 11) is 0. The first kappa shape index (κ1) is 9.34. The smallest absolute Gasteiger partial charge is 0.154 e. The zero-order valence-electron chi connectivity index (χ0n) is 7.79. The van der Waals surface area contributed by atoms with Gasteiger partial charge >= 0.3 is 0 Å². The SMILES string of the molecule is O=C1CCCNC1c1ccccc1F. The Labute approximate surface area is 82.1 Å². The highest BCUT2D eigenvalue weighted by atomic mass is 19.1. The van der Waals surface area contributed by atoms with Crippen LogP contribution in [-0.2, 0) is 4.79 Å². The molecule has 1 aliphatic heterocycles. The molecule has 3 heteroatoms. The lowest BCUT2D eigenvalue weighted by molar-refractivity contribution is -0.122. The quantitative estimate of drug-likeness (QED) is 0.737. The van der Waals surface area contributed by atoms with Gasteiger partial charge in [-0.05, 0) is 19.0 Å². The molecule has 1 aromatic carbocycles. The molecule has 1 aliphatic rings. The molecule has 2 nitrogen and oxygen atoms in total. The monoisotopic (exact) mass is 193 g/mol. The van der Waals surface area contributed by atoms with Gasteiger partial charge in [0, 0.05) is 12.0 Å². The summed E-state index contributed by atoms with van der Waals surface area (Å²) in [4.78, 5) is 11.5. The van der Waals surface area contributed by atoms with Crippen LogP contribution in [0.1, 0.15) is 24.4 Å². The molecule has 0 bridgehead atoms. The lowest BCUT2D eigenvalue weighted by atomic mass is 9.96. The van der Waals surface area contributed by atoms with Gasteiger partial charge in [-0.25, -0.2) is 4.39 Å². The summed E-state index contributed by atoms with van der Waals surface area (Å²) in [6.45, 7) is 0.782. The number of carbonyl (C=O) groups is 1. The lowest BCUT2D eigenvalue weighted by Crippen LogP contribution is -2.34. The Morgan fingerprint density at radius 3 is 2.86 bits per heavy atom. The third kappa shape index (κ3) is 1.68. The predicted molar refractivity (Wildman–Crippen MR) is 51.4 cm³/mol. The number of hydrogen-bond acceptors (Lipinski definition) is 2. The first-order chi connectivity index (χ1) is 6.79. The second kappa shape index (κ2) is 3.88. The predicted octanol–water partition coefficient (Wildman–Crippen LogP) is 1.82. The van der Waals surface area contributed by atoms with E-state index in [0.29, 0.717) is 12.0 Å². The van der Waals surface area contributed by atoms with Crippen LogP contribution in [-0.4, -0.2) is 12.3 Å². The summed E-state index contributed by atoms with van der Waals surface area (Å²) in [5.74, 6) is -0.221. The van der Waals surface area contributed by atoms with E-state index >= 15 is 0 Å². The third-order valence-corrected chi connectivity index (χ3v) is 2.49. The summed E-state index contributed by atoms with van der Waals surface area (Å²) >= 11 is 0. The Morgan fingerprint density at radius 2 is 2.14 bits per heavy atom. The van der Waals surface area contributed by atoms with Crippen molar-refractivity contribution in [1.82, 2.24) is 5.32 Å². The average molecular weight is 193 g/mol. The molecule has 1 atom stereocenters. The van der Waals surface area contributed by atoms with Gasteiger partial charge in [0.2, 0.25) is 0 Å². The summed E-state index contributed by atoms with van der Waals surface area (Å²) in [6, 6.07) is 5.99. The van der Waals surface area contributed by atoms with Gasteiger partial charge < -0.3 is 5.32 Å². The number of nitrogens with one attached hydrogen (secondary N) is 1. The number of carbonyl (C=O) groups excluding carboxylic acids is 1. The molecule has 0 aliphatic carbocycles. The summed E-state index contributed by atoms with van der Waals surface area (Å²) in [6.07, 6.45) is 1.40. The van der Waals surface area contributed by atoms with Crippen LogP contribution in [0.5, 0.6) is 0 Å². The van der Waals surface area contributed by atoms with Crippen LogP contribution < -0.4 is 5.32 Å². The van der Waals surface area contributed by atoms with E-state index in [1.165, 1.54) is 6.07 Å². The number of Topliss-reactive ketones (excluding diaryl/α,β-unsaturated/α-hetero) is 1. The van der Waals surface area contributed by atoms with Crippen molar-refractivity contribution in [3.8, 4) is 0 Å². The van der Waals surface area contributed by atoms with Gasteiger partial charge in [-0.2, -0.15) is 0 Å². The summed E-state index contributed by atoms with van der Waals surface area (Å²) < 4.78 is 13.4. The Kier molecular flexibility index (Phi) is 2.59. The van der Waals surface area contributed by atoms with Crippen molar-refractivity contribution in [2.45, 2.75) is 18.9 Å². The molecule has 1 fully saturated rings. The van der Waals surface area contributed by atoms with Crippen LogP contribution in [0.3, 0.4) is 0 Å². The van der Waals surface area contributed by atoms with E-state index in [9.17, 15) is 9.18 Å². The minimum Gasteiger partial charge on any atom is -0.304 e. The minimum absolute atomic E-state index is 0.0846. The zero-order chi connectivity index (χ0) is 9.97. The molecular weight excluding hydrogens is 181 g/mol. The fourth-order valence-electron chi connectivity index (χ4n) is 1.76. The van der Waals surface area contributed by atoms with Crippen molar-refractivity contribution >= 4 is 5.78 Å². The van der Waals surface area contributed by atoms with E-state index in [1.807, 2.05) is 0 Å². The number of hydrogen-bond donors (Lipinski definition) is 1. The Hall–Kier alpha value is -1.22. The highest BCUT2D eigenvalue weighted by molar-refractivity contribution is 5.86. The number of ketones is 1. The molecule has 0 spiro atoms. The van der Waals surface area contributed by atoms with Gasteiger partial charge in [-0.3, -0.25) is 4.79 Å². The average Bonchev–Trinajstić information content (AvgIpc) is 2.20. The van der Waals surface area contributed by atoms with Crippen LogP contribution in [0.4, 0.5) is 4.39 Å². The number of benzene rings is 1. The normalized spacial score (nSPS) is 22.4. The van der Waals surface area contributed by atoms with Gasteiger partial charge in [0.1, 0.15) is 5.82 Å². The van der Waals surface area contributed by atoms with Crippen molar-refractivity contribution < 1.29 is 9.18 Å². The van der Waals surface area contributed by atoms with Gasteiger partial charge in [-0.1, -0.05) is 18.2 Å². The number of halogens is 1. The highest BCUT2D eigenvalue weighted by Gasteiger charge is 2.25. The van der Waals surface area contributed by atoms with Crippen molar-refractivity contribution in [1.29, 1.82) is 0 Å². The number of rotatable bonds is 1. The first-order valence-corrected chi connectivity index (χ1v) is 4.79. The second-order valence-electron chi connectivity index (χ2n) is 3.48. The molecule has 74 valence electrons. The van der Waals surface area contributed by atoms with E-state index in [2.05, 4.69) is 5.32 Å². The minimum atomic E-state index is -0.440. The maximum absolute atomic E-state index is 13.4. The Bertz CT molecular complexity index is 351. The van der Waals surface area contributed by atoms with Crippen molar-refractivity contribution in [2.24, 2.45) is 0 Å². The van der Waals surface area contributed by atoms with Crippen LogP contribution >= 0.6 is 0 Å². The summed E-state index contributed by atoms with van der Waals surface area (Å²) in [5.41, 5.74) is 0.470. The van der Waals surface area contributed by atoms with E-state index in [0.717, 1.165) is 13.0 Å². The Balaban J connectivity index is 2.29. The zero-order valence-corrected chi connectivity index (χ0v) is 7.79. The summed E-state index contributed by atoms with van der Waals surface area (Å²) in [5, 5.41) is 3.04. The maximum Gasteiger partial charge on any atom is 0.154 e. The van der Waals surface area contributed by atoms with Crippen molar-refractivity contribution in [2.75, 3.05) is 6.54 Å². The molecule has 1 heterocycles. The molecule has 2 rings (SSSR count). The Morgan fingerprint density at radius 1 is 1.36 bits per heavy atom. The fourth-order valence-corrected chi connectivity index (χ4v) is 1.76. The topological polar surface area (TPSA) is 29.1 Å². The van der Waals surface area contributed by atoms with Gasteiger partial charge in [0.25, 0.3) is 0 Å². The highest BCUT2D eigenvalue weighted by Crippen LogP contribution is 2.21. The van der Waals surface area contributed by atoms with Crippen molar-refractivity contribution in [3.05, 3.63) is 35.6 Å². The third-order valence-electron chi connectivity index (χ3n) is 2.49. The van der Waals surface area contributed by atoms with Crippen LogP contribution in [0.2, 0.25) is 0 Å². The lowest BCUT2D eigenvalue weighted by Gasteiger charge is -2.22. The molecule has 1 N–H and O–H groups in total. The molecule has 0 aromatic heterocycles. The van der Waals surface area contributed by atoms with E-state index in [1.54, 1.807) is 18.2 Å². The molecule has 14 heavy (non-hydrogen) atoms. The second-order valence-corrected chi connectivity index (χ2v) is 3.48. The van der Waals surface area contributed by atoms with E-state index in [-0.39, 0.29) is 11.6 Å². The van der Waals surface area contributed by atoms with Gasteiger partial charge in [0.15, 0.2) is 5.78 Å². The number of piperidine rings is 1. The van der Waals surface area contributed by atoms with Crippen molar-refractivity contribution in [3.63, 3.8) is 0 Å². The largest absolute Gasteiger partial charge is 0.304 e. The molecule has 0 saturated carbocycles. The molecule has 1 saturated heterocycles. The molecular formula is C11H12FNO. The fraction of sp³-hybridized carbons (Fsp3) is 0.364. The van der Waals surface area contributed by atoms with Gasteiger partial charge in [0.05, 0.1) is 6.04 Å². The molecule has 1 unspecified atom stereocenters. The molecule has 1 aromatic rings. The first-order valence-electron chi connectivity index (χ1n) is 4.79. The van der Waals surface area contributed by atoms with E-state index < -0.39 is 6.04 Å². The standard InChI is InChI=1S/C11H12FNO/c12-9-5-2-1-4-8(9)11-10(14)6-3-7-13-11/h1-2,4-5,11,13H,3,6-7H2. The maximum atomic E-state index is 13.4.